The van der Waals surface area contributed by atoms with E-state index in [0.29, 0.717) is 12.2 Å². The van der Waals surface area contributed by atoms with Crippen LogP contribution in [0.25, 0.3) is 0 Å². The molecular formula is C15H17N3O4. The molecule has 1 aliphatic carbocycles. The Kier molecular flexibility index (Phi) is 3.91. The average molecular weight is 303 g/mol. The zero-order valence-corrected chi connectivity index (χ0v) is 12.0. The molecule has 3 N–H and O–H groups in total. The summed E-state index contributed by atoms with van der Waals surface area (Å²) in [6.07, 6.45) is 1.75. The van der Waals surface area contributed by atoms with Crippen LogP contribution in [0.4, 0.5) is 0 Å². The molecule has 0 saturated heterocycles. The molecule has 1 aliphatic rings. The Labute approximate surface area is 127 Å². The molecule has 4 unspecified atom stereocenters. The third-order valence-electron chi connectivity index (χ3n) is 3.96. The van der Waals surface area contributed by atoms with Crippen LogP contribution in [0.15, 0.2) is 35.1 Å². The minimum Gasteiger partial charge on any atom is -0.390 e. The summed E-state index contributed by atoms with van der Waals surface area (Å²) in [7, 11) is 0. The zero-order valence-electron chi connectivity index (χ0n) is 12.0. The quantitative estimate of drug-likeness (QED) is 0.756. The Bertz CT molecular complexity index is 658. The lowest BCUT2D eigenvalue weighted by Gasteiger charge is -2.23. The number of hydrogen-bond donors (Lipinski definition) is 3. The first kappa shape index (κ1) is 14.7. The van der Waals surface area contributed by atoms with Gasteiger partial charge in [0.25, 0.3) is 5.91 Å². The van der Waals surface area contributed by atoms with Gasteiger partial charge in [0.1, 0.15) is 11.9 Å². The van der Waals surface area contributed by atoms with Crippen molar-refractivity contribution in [3.8, 4) is 0 Å². The summed E-state index contributed by atoms with van der Waals surface area (Å²) in [4.78, 5) is 16.3. The van der Waals surface area contributed by atoms with E-state index in [2.05, 4.69) is 15.5 Å². The maximum absolute atomic E-state index is 12.2. The summed E-state index contributed by atoms with van der Waals surface area (Å²) in [6.45, 7) is 1.69. The van der Waals surface area contributed by atoms with E-state index in [1.165, 1.54) is 6.07 Å². The first-order valence-corrected chi connectivity index (χ1v) is 7.06. The SMILES string of the molecule is Cc1cc(C(=O)NC2C(c3cccnc3)CC(O)C2O)no1. The van der Waals surface area contributed by atoms with Gasteiger partial charge in [-0.3, -0.25) is 9.78 Å². The monoisotopic (exact) mass is 303 g/mol. The van der Waals surface area contributed by atoms with Crippen LogP contribution in [0.2, 0.25) is 0 Å². The van der Waals surface area contributed by atoms with Crippen LogP contribution < -0.4 is 5.32 Å². The van der Waals surface area contributed by atoms with Crippen molar-refractivity contribution in [2.75, 3.05) is 0 Å². The molecule has 4 atom stereocenters. The number of aliphatic hydroxyl groups is 2. The third-order valence-corrected chi connectivity index (χ3v) is 3.96. The van der Waals surface area contributed by atoms with Crippen LogP contribution in [-0.2, 0) is 0 Å². The van der Waals surface area contributed by atoms with Gasteiger partial charge in [0.05, 0.1) is 12.1 Å². The third kappa shape index (κ3) is 2.72. The fraction of sp³-hybridized carbons (Fsp3) is 0.400. The van der Waals surface area contributed by atoms with Crippen LogP contribution in [0.1, 0.15) is 34.2 Å². The van der Waals surface area contributed by atoms with Gasteiger partial charge in [-0.1, -0.05) is 11.2 Å². The molecule has 0 aliphatic heterocycles. The van der Waals surface area contributed by atoms with Gasteiger partial charge in [-0.2, -0.15) is 0 Å². The summed E-state index contributed by atoms with van der Waals surface area (Å²) < 4.78 is 4.88. The van der Waals surface area contributed by atoms with Crippen LogP contribution in [0.3, 0.4) is 0 Å². The second kappa shape index (κ2) is 5.86. The molecule has 0 radical (unpaired) electrons. The fourth-order valence-corrected chi connectivity index (χ4v) is 2.85. The second-order valence-corrected chi connectivity index (χ2v) is 5.51. The van der Waals surface area contributed by atoms with Gasteiger partial charge in [-0.25, -0.2) is 0 Å². The number of aromatic nitrogens is 2. The maximum Gasteiger partial charge on any atom is 0.273 e. The lowest BCUT2D eigenvalue weighted by atomic mass is 9.95. The zero-order chi connectivity index (χ0) is 15.7. The molecule has 1 amide bonds. The van der Waals surface area contributed by atoms with Gasteiger partial charge in [-0.05, 0) is 25.0 Å². The summed E-state index contributed by atoms with van der Waals surface area (Å²) in [5.74, 6) is -0.125. The number of carbonyl (C=O) groups is 1. The van der Waals surface area contributed by atoms with E-state index in [9.17, 15) is 15.0 Å². The summed E-state index contributed by atoms with van der Waals surface area (Å²) in [5, 5.41) is 26.5. The largest absolute Gasteiger partial charge is 0.390 e. The Morgan fingerprint density at radius 2 is 2.27 bits per heavy atom. The van der Waals surface area contributed by atoms with Crippen LogP contribution in [0.5, 0.6) is 0 Å². The molecule has 1 fully saturated rings. The predicted molar refractivity (Wildman–Crippen MR) is 76.1 cm³/mol. The van der Waals surface area contributed by atoms with E-state index in [4.69, 9.17) is 4.52 Å². The number of aryl methyl sites for hydroxylation is 1. The number of amides is 1. The van der Waals surface area contributed by atoms with Crippen molar-refractivity contribution in [3.05, 3.63) is 47.6 Å². The molecular weight excluding hydrogens is 286 g/mol. The molecule has 0 spiro atoms. The summed E-state index contributed by atoms with van der Waals surface area (Å²) >= 11 is 0. The molecule has 2 aromatic heterocycles. The van der Waals surface area contributed by atoms with Crippen molar-refractivity contribution in [1.29, 1.82) is 0 Å². The van der Waals surface area contributed by atoms with E-state index in [0.717, 1.165) is 5.56 Å². The Hall–Kier alpha value is -2.25. The molecule has 116 valence electrons. The van der Waals surface area contributed by atoms with Crippen molar-refractivity contribution < 1.29 is 19.5 Å². The van der Waals surface area contributed by atoms with E-state index < -0.39 is 24.2 Å². The van der Waals surface area contributed by atoms with Crippen LogP contribution >= 0.6 is 0 Å². The molecule has 0 aromatic carbocycles. The van der Waals surface area contributed by atoms with Gasteiger partial charge in [0.2, 0.25) is 0 Å². The van der Waals surface area contributed by atoms with E-state index in [1.807, 2.05) is 6.07 Å². The number of carbonyl (C=O) groups excluding carboxylic acids is 1. The van der Waals surface area contributed by atoms with E-state index >= 15 is 0 Å². The lowest BCUT2D eigenvalue weighted by Crippen LogP contribution is -2.45. The number of hydrogen-bond acceptors (Lipinski definition) is 6. The van der Waals surface area contributed by atoms with Crippen LogP contribution in [0, 0.1) is 6.92 Å². The molecule has 7 nitrogen and oxygen atoms in total. The Morgan fingerprint density at radius 3 is 2.91 bits per heavy atom. The Morgan fingerprint density at radius 1 is 1.45 bits per heavy atom. The van der Waals surface area contributed by atoms with Gasteiger partial charge in [0.15, 0.2) is 5.69 Å². The van der Waals surface area contributed by atoms with E-state index in [-0.39, 0.29) is 11.6 Å². The fourth-order valence-electron chi connectivity index (χ4n) is 2.85. The number of pyridine rings is 1. The first-order valence-electron chi connectivity index (χ1n) is 7.06. The smallest absolute Gasteiger partial charge is 0.273 e. The number of nitrogens with one attached hydrogen (secondary N) is 1. The average Bonchev–Trinajstić information content (AvgIpc) is 3.07. The topological polar surface area (TPSA) is 108 Å². The number of nitrogens with zero attached hydrogens (tertiary/aromatic N) is 2. The molecule has 1 saturated carbocycles. The molecule has 7 heteroatoms. The van der Waals surface area contributed by atoms with Gasteiger partial charge in [0, 0.05) is 24.4 Å². The van der Waals surface area contributed by atoms with Gasteiger partial charge < -0.3 is 20.1 Å². The molecule has 3 rings (SSSR count). The van der Waals surface area contributed by atoms with Crippen molar-refractivity contribution in [2.45, 2.75) is 37.5 Å². The predicted octanol–water partition coefficient (Wildman–Crippen LogP) is 0.386. The molecule has 2 heterocycles. The van der Waals surface area contributed by atoms with Crippen molar-refractivity contribution >= 4 is 5.91 Å². The maximum atomic E-state index is 12.2. The van der Waals surface area contributed by atoms with Gasteiger partial charge >= 0.3 is 0 Å². The molecule has 0 bridgehead atoms. The highest BCUT2D eigenvalue weighted by molar-refractivity contribution is 5.92. The van der Waals surface area contributed by atoms with Crippen LogP contribution in [-0.4, -0.2) is 44.5 Å². The second-order valence-electron chi connectivity index (χ2n) is 5.51. The standard InChI is InChI=1S/C15H17N3O4/c1-8-5-11(18-22-8)15(21)17-13-10(6-12(19)14(13)20)9-3-2-4-16-7-9/h2-5,7,10,12-14,19-20H,6H2,1H3,(H,17,21). The number of rotatable bonds is 3. The Balaban J connectivity index is 1.81. The molecule has 2 aromatic rings. The molecule has 22 heavy (non-hydrogen) atoms. The van der Waals surface area contributed by atoms with Crippen molar-refractivity contribution in [3.63, 3.8) is 0 Å². The minimum absolute atomic E-state index is 0.149. The normalized spacial score (nSPS) is 27.8. The highest BCUT2D eigenvalue weighted by Gasteiger charge is 2.43. The van der Waals surface area contributed by atoms with E-state index in [1.54, 1.807) is 25.4 Å². The summed E-state index contributed by atoms with van der Waals surface area (Å²) in [5.41, 5.74) is 1.01. The minimum atomic E-state index is -1.04. The van der Waals surface area contributed by atoms with Gasteiger partial charge in [-0.15, -0.1) is 0 Å². The van der Waals surface area contributed by atoms with Crippen molar-refractivity contribution in [1.82, 2.24) is 15.5 Å². The number of aliphatic hydroxyl groups excluding tert-OH is 2. The summed E-state index contributed by atoms with van der Waals surface area (Å²) in [6, 6.07) is 4.56. The highest BCUT2D eigenvalue weighted by atomic mass is 16.5. The highest BCUT2D eigenvalue weighted by Crippen LogP contribution is 2.35. The first-order chi connectivity index (χ1) is 10.6. The van der Waals surface area contributed by atoms with Crippen molar-refractivity contribution in [2.24, 2.45) is 0 Å². The lowest BCUT2D eigenvalue weighted by molar-refractivity contribution is 0.0293.